The first kappa shape index (κ1) is 15.4. The van der Waals surface area contributed by atoms with Crippen molar-refractivity contribution in [2.75, 3.05) is 13.7 Å². The van der Waals surface area contributed by atoms with Crippen LogP contribution in [0.2, 0.25) is 0 Å². The fourth-order valence-corrected chi connectivity index (χ4v) is 1.35. The molecule has 9 nitrogen and oxygen atoms in total. The lowest BCUT2D eigenvalue weighted by Crippen LogP contribution is -2.36. The van der Waals surface area contributed by atoms with Gasteiger partial charge < -0.3 is 20.3 Å². The molecule has 1 atom stereocenters. The summed E-state index contributed by atoms with van der Waals surface area (Å²) in [6.45, 7) is -0.492. The zero-order chi connectivity index (χ0) is 15.3. The smallest absolute Gasteiger partial charge is 0.334 e. The number of nitro benzene ring substituents is 1. The highest BCUT2D eigenvalue weighted by atomic mass is 16.6. The Morgan fingerprint density at radius 3 is 2.65 bits per heavy atom. The second kappa shape index (κ2) is 6.48. The number of hydrogen-bond acceptors (Lipinski definition) is 6. The van der Waals surface area contributed by atoms with Crippen LogP contribution < -0.4 is 10.1 Å². The van der Waals surface area contributed by atoms with Crippen LogP contribution in [0.4, 0.5) is 5.69 Å². The molecule has 1 aromatic carbocycles. The number of non-ortho nitro benzene ring substituents is 1. The van der Waals surface area contributed by atoms with Crippen LogP contribution in [-0.2, 0) is 4.79 Å². The maximum atomic E-state index is 11.8. The lowest BCUT2D eigenvalue weighted by molar-refractivity contribution is -0.384. The fourth-order valence-electron chi connectivity index (χ4n) is 1.35. The largest absolute Gasteiger partial charge is 0.496 e. The standard InChI is InChI=1S/C11H12N2O7/c1-20-9-4-6(13(18)19)2-3-7(9)10(15)12-5-8(14)11(16)17/h2-4,8,14H,5H2,1H3,(H,12,15)(H,16,17)/t8-/m0/s1. The molecule has 0 aromatic heterocycles. The fraction of sp³-hybridized carbons (Fsp3) is 0.273. The number of carbonyl (C=O) groups excluding carboxylic acids is 1. The van der Waals surface area contributed by atoms with E-state index in [4.69, 9.17) is 14.9 Å². The normalized spacial score (nSPS) is 11.5. The first-order chi connectivity index (χ1) is 9.36. The van der Waals surface area contributed by atoms with Crippen molar-refractivity contribution in [3.8, 4) is 5.75 Å². The number of carbonyl (C=O) groups is 2. The van der Waals surface area contributed by atoms with Gasteiger partial charge in [-0.3, -0.25) is 14.9 Å². The number of nitrogens with zero attached hydrogens (tertiary/aromatic N) is 1. The van der Waals surface area contributed by atoms with Crippen molar-refractivity contribution in [1.82, 2.24) is 5.32 Å². The molecule has 0 bridgehead atoms. The van der Waals surface area contributed by atoms with Gasteiger partial charge in [-0.05, 0) is 6.07 Å². The van der Waals surface area contributed by atoms with Gasteiger partial charge in [-0.25, -0.2) is 4.79 Å². The van der Waals surface area contributed by atoms with Gasteiger partial charge in [0.25, 0.3) is 11.6 Å². The Kier molecular flexibility index (Phi) is 4.98. The Hall–Kier alpha value is -2.68. The average Bonchev–Trinajstić information content (AvgIpc) is 2.43. The summed E-state index contributed by atoms with van der Waals surface area (Å²) in [5.74, 6) is -2.21. The van der Waals surface area contributed by atoms with E-state index in [-0.39, 0.29) is 17.0 Å². The van der Waals surface area contributed by atoms with Crippen molar-refractivity contribution in [3.63, 3.8) is 0 Å². The number of ether oxygens (including phenoxy) is 1. The third kappa shape index (κ3) is 3.65. The first-order valence-electron chi connectivity index (χ1n) is 5.38. The van der Waals surface area contributed by atoms with Gasteiger partial charge >= 0.3 is 5.97 Å². The van der Waals surface area contributed by atoms with Gasteiger partial charge in [0.15, 0.2) is 6.10 Å². The van der Waals surface area contributed by atoms with E-state index in [1.54, 1.807) is 0 Å². The van der Waals surface area contributed by atoms with Crippen molar-refractivity contribution < 1.29 is 29.5 Å². The van der Waals surface area contributed by atoms with Crippen molar-refractivity contribution in [3.05, 3.63) is 33.9 Å². The number of rotatable bonds is 6. The number of aliphatic hydroxyl groups is 1. The van der Waals surface area contributed by atoms with Crippen LogP contribution in [0.5, 0.6) is 5.75 Å². The molecule has 1 amide bonds. The average molecular weight is 284 g/mol. The number of carboxylic acid groups (broad SMARTS) is 1. The van der Waals surface area contributed by atoms with Crippen LogP contribution in [0.15, 0.2) is 18.2 Å². The predicted octanol–water partition coefficient (Wildman–Crippen LogP) is -0.221. The molecule has 0 saturated heterocycles. The quantitative estimate of drug-likeness (QED) is 0.484. The second-order valence-corrected chi connectivity index (χ2v) is 3.71. The van der Waals surface area contributed by atoms with Crippen LogP contribution >= 0.6 is 0 Å². The Labute approximate surface area is 112 Å². The highest BCUT2D eigenvalue weighted by molar-refractivity contribution is 5.97. The van der Waals surface area contributed by atoms with E-state index < -0.39 is 29.4 Å². The van der Waals surface area contributed by atoms with Crippen molar-refractivity contribution in [2.45, 2.75) is 6.10 Å². The molecular weight excluding hydrogens is 272 g/mol. The second-order valence-electron chi connectivity index (χ2n) is 3.71. The summed E-state index contributed by atoms with van der Waals surface area (Å²) in [5, 5.41) is 30.3. The van der Waals surface area contributed by atoms with E-state index in [1.165, 1.54) is 13.2 Å². The summed E-state index contributed by atoms with van der Waals surface area (Å²) in [6.07, 6.45) is -1.73. The van der Waals surface area contributed by atoms with E-state index in [2.05, 4.69) is 5.32 Å². The number of amides is 1. The lowest BCUT2D eigenvalue weighted by atomic mass is 10.1. The maximum absolute atomic E-state index is 11.8. The third-order valence-electron chi connectivity index (χ3n) is 2.38. The van der Waals surface area contributed by atoms with Crippen molar-refractivity contribution in [1.29, 1.82) is 0 Å². The molecule has 0 spiro atoms. The molecular formula is C11H12N2O7. The number of aliphatic carboxylic acids is 1. The molecule has 0 radical (unpaired) electrons. The zero-order valence-corrected chi connectivity index (χ0v) is 10.4. The predicted molar refractivity (Wildman–Crippen MR) is 65.6 cm³/mol. The van der Waals surface area contributed by atoms with E-state index >= 15 is 0 Å². The molecule has 0 aliphatic heterocycles. The number of carboxylic acids is 1. The number of hydrogen-bond donors (Lipinski definition) is 3. The molecule has 0 fully saturated rings. The van der Waals surface area contributed by atoms with Crippen LogP contribution in [0.3, 0.4) is 0 Å². The number of methoxy groups -OCH3 is 1. The van der Waals surface area contributed by atoms with Crippen LogP contribution in [0.1, 0.15) is 10.4 Å². The number of nitrogens with one attached hydrogen (secondary N) is 1. The maximum Gasteiger partial charge on any atom is 0.334 e. The minimum Gasteiger partial charge on any atom is -0.496 e. The molecule has 20 heavy (non-hydrogen) atoms. The topological polar surface area (TPSA) is 139 Å². The zero-order valence-electron chi connectivity index (χ0n) is 10.4. The van der Waals surface area contributed by atoms with Crippen molar-refractivity contribution in [2.24, 2.45) is 0 Å². The van der Waals surface area contributed by atoms with Gasteiger partial charge in [0.1, 0.15) is 5.75 Å². The highest BCUT2D eigenvalue weighted by Crippen LogP contribution is 2.24. The van der Waals surface area contributed by atoms with E-state index in [0.717, 1.165) is 12.1 Å². The molecule has 0 saturated carbocycles. The number of benzene rings is 1. The third-order valence-corrected chi connectivity index (χ3v) is 2.38. The van der Waals surface area contributed by atoms with Crippen molar-refractivity contribution >= 4 is 17.6 Å². The summed E-state index contributed by atoms with van der Waals surface area (Å²) in [5.41, 5.74) is -0.250. The molecule has 9 heteroatoms. The summed E-state index contributed by atoms with van der Waals surface area (Å²) in [7, 11) is 1.24. The van der Waals surface area contributed by atoms with Gasteiger partial charge in [-0.1, -0.05) is 0 Å². The summed E-state index contributed by atoms with van der Waals surface area (Å²) in [4.78, 5) is 32.1. The van der Waals surface area contributed by atoms with Crippen LogP contribution in [0.25, 0.3) is 0 Å². The van der Waals surface area contributed by atoms with Crippen LogP contribution in [-0.4, -0.2) is 46.8 Å². The van der Waals surface area contributed by atoms with Gasteiger partial charge in [0, 0.05) is 6.07 Å². The SMILES string of the molecule is COc1cc([N+](=O)[O-])ccc1C(=O)NC[C@H](O)C(=O)O. The Morgan fingerprint density at radius 2 is 2.15 bits per heavy atom. The van der Waals surface area contributed by atoms with E-state index in [1.807, 2.05) is 0 Å². The first-order valence-corrected chi connectivity index (χ1v) is 5.38. The molecule has 0 heterocycles. The number of nitro groups is 1. The Bertz CT molecular complexity index is 544. The molecule has 3 N–H and O–H groups in total. The monoisotopic (exact) mass is 284 g/mol. The Morgan fingerprint density at radius 1 is 1.50 bits per heavy atom. The molecule has 0 aliphatic carbocycles. The summed E-state index contributed by atoms with van der Waals surface area (Å²) >= 11 is 0. The highest BCUT2D eigenvalue weighted by Gasteiger charge is 2.19. The van der Waals surface area contributed by atoms with E-state index in [0.29, 0.717) is 0 Å². The van der Waals surface area contributed by atoms with Crippen LogP contribution in [0, 0.1) is 10.1 Å². The summed E-state index contributed by atoms with van der Waals surface area (Å²) < 4.78 is 4.87. The van der Waals surface area contributed by atoms with Gasteiger partial charge in [0.05, 0.1) is 30.2 Å². The van der Waals surface area contributed by atoms with Gasteiger partial charge in [0.2, 0.25) is 0 Å². The minimum absolute atomic E-state index is 0.00399. The van der Waals surface area contributed by atoms with Gasteiger partial charge in [-0.15, -0.1) is 0 Å². The molecule has 108 valence electrons. The molecule has 1 aromatic rings. The molecule has 0 aliphatic rings. The minimum atomic E-state index is -1.73. The Balaban J connectivity index is 2.87. The number of aliphatic hydroxyl groups excluding tert-OH is 1. The summed E-state index contributed by atoms with van der Waals surface area (Å²) in [6, 6.07) is 3.37. The lowest BCUT2D eigenvalue weighted by Gasteiger charge is -2.10. The molecule has 1 rings (SSSR count). The van der Waals surface area contributed by atoms with E-state index in [9.17, 15) is 19.7 Å². The molecule has 0 unspecified atom stereocenters. The van der Waals surface area contributed by atoms with Gasteiger partial charge in [-0.2, -0.15) is 0 Å².